The summed E-state index contributed by atoms with van der Waals surface area (Å²) < 4.78 is 0. The number of nitrogens with one attached hydrogen (secondary N) is 1. The largest absolute Gasteiger partial charge is 0.393 e. The van der Waals surface area contributed by atoms with Crippen LogP contribution >= 0.6 is 0 Å². The Balaban J connectivity index is 2.05. The van der Waals surface area contributed by atoms with E-state index in [0.29, 0.717) is 5.92 Å². The molecule has 1 aromatic rings. The lowest BCUT2D eigenvalue weighted by Crippen LogP contribution is -2.40. The molecule has 0 aromatic heterocycles. The van der Waals surface area contributed by atoms with Crippen molar-refractivity contribution in [2.45, 2.75) is 32.8 Å². The number of benzene rings is 1. The first-order chi connectivity index (χ1) is 7.66. The Morgan fingerprint density at radius 1 is 1.31 bits per heavy atom. The molecule has 0 radical (unpaired) electrons. The summed E-state index contributed by atoms with van der Waals surface area (Å²) in [6.45, 7) is 6.17. The van der Waals surface area contributed by atoms with Crippen LogP contribution in [0, 0.1) is 19.8 Å². The molecule has 2 rings (SSSR count). The molecule has 88 valence electrons. The van der Waals surface area contributed by atoms with Gasteiger partial charge in [0.1, 0.15) is 0 Å². The minimum Gasteiger partial charge on any atom is -0.393 e. The fourth-order valence-corrected chi connectivity index (χ4v) is 2.35. The van der Waals surface area contributed by atoms with E-state index in [4.69, 9.17) is 0 Å². The molecule has 2 atom stereocenters. The second-order valence-corrected chi connectivity index (χ2v) is 4.94. The zero-order chi connectivity index (χ0) is 11.5. The van der Waals surface area contributed by atoms with Crippen LogP contribution in [0.15, 0.2) is 18.2 Å². The highest BCUT2D eigenvalue weighted by Gasteiger charge is 2.22. The topological polar surface area (TPSA) is 32.3 Å². The molecule has 0 bridgehead atoms. The highest BCUT2D eigenvalue weighted by atomic mass is 16.3. The molecule has 1 aliphatic heterocycles. The Morgan fingerprint density at radius 2 is 2.12 bits per heavy atom. The molecule has 2 unspecified atom stereocenters. The van der Waals surface area contributed by atoms with Gasteiger partial charge in [-0.1, -0.05) is 18.2 Å². The van der Waals surface area contributed by atoms with Crippen LogP contribution in [0.1, 0.15) is 23.1 Å². The highest BCUT2D eigenvalue weighted by molar-refractivity contribution is 5.30. The van der Waals surface area contributed by atoms with Crippen molar-refractivity contribution < 1.29 is 5.11 Å². The summed E-state index contributed by atoms with van der Waals surface area (Å²) in [6.07, 6.45) is 1.73. The number of rotatable bonds is 2. The number of aliphatic hydroxyl groups excluding tert-OH is 1. The van der Waals surface area contributed by atoms with Gasteiger partial charge in [-0.25, -0.2) is 0 Å². The van der Waals surface area contributed by atoms with E-state index in [-0.39, 0.29) is 6.10 Å². The lowest BCUT2D eigenvalue weighted by molar-refractivity contribution is 0.0791. The molecular formula is C14H21NO. The van der Waals surface area contributed by atoms with Crippen molar-refractivity contribution in [3.63, 3.8) is 0 Å². The van der Waals surface area contributed by atoms with Gasteiger partial charge < -0.3 is 10.4 Å². The lowest BCUT2D eigenvalue weighted by Gasteiger charge is -2.28. The molecule has 1 saturated heterocycles. The van der Waals surface area contributed by atoms with Crippen LogP contribution in [0.3, 0.4) is 0 Å². The zero-order valence-electron chi connectivity index (χ0n) is 10.2. The second-order valence-electron chi connectivity index (χ2n) is 4.94. The third-order valence-electron chi connectivity index (χ3n) is 3.64. The Labute approximate surface area is 97.7 Å². The summed E-state index contributed by atoms with van der Waals surface area (Å²) in [4.78, 5) is 0. The standard InChI is InChI=1S/C14H21NO/c1-10-3-4-12(7-11(10)2)8-13-9-15-6-5-14(13)16/h3-4,7,13-16H,5-6,8-9H2,1-2H3. The third-order valence-corrected chi connectivity index (χ3v) is 3.64. The van der Waals surface area contributed by atoms with Crippen LogP contribution in [0.4, 0.5) is 0 Å². The quantitative estimate of drug-likeness (QED) is 0.795. The third kappa shape index (κ3) is 2.63. The van der Waals surface area contributed by atoms with Crippen LogP contribution in [0.5, 0.6) is 0 Å². The number of aryl methyl sites for hydroxylation is 2. The average molecular weight is 219 g/mol. The van der Waals surface area contributed by atoms with Crippen LogP contribution in [-0.4, -0.2) is 24.3 Å². The van der Waals surface area contributed by atoms with Gasteiger partial charge in [-0.3, -0.25) is 0 Å². The number of aliphatic hydroxyl groups is 1. The molecule has 1 aromatic carbocycles. The van der Waals surface area contributed by atoms with Gasteiger partial charge in [0, 0.05) is 12.5 Å². The molecule has 0 aliphatic carbocycles. The summed E-state index contributed by atoms with van der Waals surface area (Å²) >= 11 is 0. The SMILES string of the molecule is Cc1ccc(CC2CNCCC2O)cc1C. The van der Waals surface area contributed by atoms with Crippen LogP contribution in [0.2, 0.25) is 0 Å². The van der Waals surface area contributed by atoms with Crippen molar-refractivity contribution in [3.05, 3.63) is 34.9 Å². The van der Waals surface area contributed by atoms with E-state index in [9.17, 15) is 5.11 Å². The van der Waals surface area contributed by atoms with Gasteiger partial charge in [-0.05, 0) is 49.9 Å². The Bertz CT molecular complexity index is 362. The first kappa shape index (κ1) is 11.6. The minimum absolute atomic E-state index is 0.136. The van der Waals surface area contributed by atoms with Crippen molar-refractivity contribution in [2.75, 3.05) is 13.1 Å². The normalized spacial score (nSPS) is 25.7. The Morgan fingerprint density at radius 3 is 2.81 bits per heavy atom. The maximum Gasteiger partial charge on any atom is 0.0595 e. The molecule has 0 spiro atoms. The molecule has 1 fully saturated rings. The van der Waals surface area contributed by atoms with Crippen LogP contribution in [-0.2, 0) is 6.42 Å². The maximum absolute atomic E-state index is 9.91. The summed E-state index contributed by atoms with van der Waals surface area (Å²) in [7, 11) is 0. The lowest BCUT2D eigenvalue weighted by atomic mass is 9.89. The van der Waals surface area contributed by atoms with Crippen molar-refractivity contribution in [2.24, 2.45) is 5.92 Å². The van der Waals surface area contributed by atoms with E-state index in [1.54, 1.807) is 0 Å². The number of hydrogen-bond donors (Lipinski definition) is 2. The smallest absolute Gasteiger partial charge is 0.0595 e. The number of hydrogen-bond acceptors (Lipinski definition) is 2. The molecule has 0 saturated carbocycles. The summed E-state index contributed by atoms with van der Waals surface area (Å²) in [6, 6.07) is 6.60. The summed E-state index contributed by atoms with van der Waals surface area (Å²) in [5.41, 5.74) is 4.03. The van der Waals surface area contributed by atoms with Crippen molar-refractivity contribution >= 4 is 0 Å². The molecule has 2 nitrogen and oxygen atoms in total. The predicted octanol–water partition coefficient (Wildman–Crippen LogP) is 1.82. The first-order valence-corrected chi connectivity index (χ1v) is 6.11. The van der Waals surface area contributed by atoms with E-state index in [1.165, 1.54) is 16.7 Å². The molecule has 2 heteroatoms. The zero-order valence-corrected chi connectivity index (χ0v) is 10.2. The first-order valence-electron chi connectivity index (χ1n) is 6.11. The molecule has 2 N–H and O–H groups in total. The second kappa shape index (κ2) is 4.98. The van der Waals surface area contributed by atoms with Crippen molar-refractivity contribution in [3.8, 4) is 0 Å². The Kier molecular flexibility index (Phi) is 3.62. The fraction of sp³-hybridized carbons (Fsp3) is 0.571. The number of piperidine rings is 1. The van der Waals surface area contributed by atoms with E-state index >= 15 is 0 Å². The summed E-state index contributed by atoms with van der Waals surface area (Å²) in [5, 5.41) is 13.3. The van der Waals surface area contributed by atoms with E-state index in [1.807, 2.05) is 0 Å². The van der Waals surface area contributed by atoms with Crippen molar-refractivity contribution in [1.82, 2.24) is 5.32 Å². The fourth-order valence-electron chi connectivity index (χ4n) is 2.35. The average Bonchev–Trinajstić information content (AvgIpc) is 2.27. The van der Waals surface area contributed by atoms with Gasteiger partial charge in [0.05, 0.1) is 6.10 Å². The molecule has 1 aliphatic rings. The van der Waals surface area contributed by atoms with Gasteiger partial charge in [0.25, 0.3) is 0 Å². The van der Waals surface area contributed by atoms with Crippen molar-refractivity contribution in [1.29, 1.82) is 0 Å². The van der Waals surface area contributed by atoms with E-state index in [2.05, 4.69) is 37.4 Å². The maximum atomic E-state index is 9.91. The monoisotopic (exact) mass is 219 g/mol. The van der Waals surface area contributed by atoms with Gasteiger partial charge in [-0.15, -0.1) is 0 Å². The molecule has 0 amide bonds. The summed E-state index contributed by atoms with van der Waals surface area (Å²) in [5.74, 6) is 0.371. The van der Waals surface area contributed by atoms with Gasteiger partial charge in [0.2, 0.25) is 0 Å². The molecule has 16 heavy (non-hydrogen) atoms. The molecule has 1 heterocycles. The van der Waals surface area contributed by atoms with Crippen LogP contribution in [0.25, 0.3) is 0 Å². The van der Waals surface area contributed by atoms with E-state index < -0.39 is 0 Å². The van der Waals surface area contributed by atoms with E-state index in [0.717, 1.165) is 25.9 Å². The van der Waals surface area contributed by atoms with Gasteiger partial charge in [0.15, 0.2) is 0 Å². The minimum atomic E-state index is -0.136. The van der Waals surface area contributed by atoms with Gasteiger partial charge >= 0.3 is 0 Å². The molecular weight excluding hydrogens is 198 g/mol. The highest BCUT2D eigenvalue weighted by Crippen LogP contribution is 2.19. The Hall–Kier alpha value is -0.860. The van der Waals surface area contributed by atoms with Crippen LogP contribution < -0.4 is 5.32 Å². The van der Waals surface area contributed by atoms with Gasteiger partial charge in [-0.2, -0.15) is 0 Å². The predicted molar refractivity (Wildman–Crippen MR) is 66.6 cm³/mol.